The Labute approximate surface area is 111 Å². The lowest BCUT2D eigenvalue weighted by molar-refractivity contribution is 0.0866. The van der Waals surface area contributed by atoms with Crippen LogP contribution in [-0.2, 0) is 4.74 Å². The van der Waals surface area contributed by atoms with E-state index < -0.39 is 0 Å². The molecule has 1 aromatic heterocycles. The van der Waals surface area contributed by atoms with Gasteiger partial charge in [-0.1, -0.05) is 24.3 Å². The van der Waals surface area contributed by atoms with E-state index in [1.54, 1.807) is 13.2 Å². The number of nitrogens with zero attached hydrogens (tertiary/aromatic N) is 1. The maximum atomic E-state index is 12.0. The number of amides is 1. The van der Waals surface area contributed by atoms with Gasteiger partial charge in [-0.15, -0.1) is 0 Å². The number of ether oxygens (including phenoxy) is 1. The number of benzene rings is 1. The summed E-state index contributed by atoms with van der Waals surface area (Å²) >= 11 is 0. The lowest BCUT2D eigenvalue weighted by Gasteiger charge is -2.11. The number of rotatable bonds is 4. The summed E-state index contributed by atoms with van der Waals surface area (Å²) in [5.74, 6) is 0.115. The van der Waals surface area contributed by atoms with Crippen molar-refractivity contribution >= 4 is 22.5 Å². The van der Waals surface area contributed by atoms with Gasteiger partial charge in [0.25, 0.3) is 5.91 Å². The van der Waals surface area contributed by atoms with Crippen molar-refractivity contribution in [2.45, 2.75) is 13.0 Å². The molecule has 0 fully saturated rings. The summed E-state index contributed by atoms with van der Waals surface area (Å²) < 4.78 is 5.07. The molecule has 1 amide bonds. The molecule has 1 unspecified atom stereocenters. The molecule has 5 heteroatoms. The van der Waals surface area contributed by atoms with Crippen LogP contribution in [0.15, 0.2) is 30.3 Å². The van der Waals surface area contributed by atoms with Gasteiger partial charge in [0.2, 0.25) is 0 Å². The molecule has 1 heterocycles. The van der Waals surface area contributed by atoms with Gasteiger partial charge in [0.15, 0.2) is 0 Å². The first kappa shape index (κ1) is 13.3. The third-order valence-electron chi connectivity index (χ3n) is 2.95. The Morgan fingerprint density at radius 3 is 2.95 bits per heavy atom. The number of nitrogens with one attached hydrogen (secondary N) is 1. The molecule has 0 aliphatic rings. The summed E-state index contributed by atoms with van der Waals surface area (Å²) in [6.45, 7) is 2.31. The summed E-state index contributed by atoms with van der Waals surface area (Å²) in [4.78, 5) is 16.1. The van der Waals surface area contributed by atoms with Crippen LogP contribution in [-0.4, -0.2) is 30.6 Å². The van der Waals surface area contributed by atoms with E-state index in [1.807, 2.05) is 31.2 Å². The summed E-state index contributed by atoms with van der Waals surface area (Å²) in [6, 6.07) is 9.31. The van der Waals surface area contributed by atoms with Crippen LogP contribution in [0, 0.1) is 0 Å². The molecule has 2 aromatic rings. The summed E-state index contributed by atoms with van der Waals surface area (Å²) in [7, 11) is 1.60. The van der Waals surface area contributed by atoms with Crippen molar-refractivity contribution in [3.63, 3.8) is 0 Å². The zero-order valence-corrected chi connectivity index (χ0v) is 11.0. The smallest absolute Gasteiger partial charge is 0.270 e. The van der Waals surface area contributed by atoms with Crippen LogP contribution >= 0.6 is 0 Å². The molecule has 3 N–H and O–H groups in total. The van der Waals surface area contributed by atoms with Crippen molar-refractivity contribution in [2.75, 3.05) is 19.4 Å². The monoisotopic (exact) mass is 259 g/mol. The maximum Gasteiger partial charge on any atom is 0.270 e. The van der Waals surface area contributed by atoms with Gasteiger partial charge in [-0.25, -0.2) is 4.98 Å². The van der Waals surface area contributed by atoms with Crippen LogP contribution in [0.2, 0.25) is 0 Å². The molecule has 0 saturated carbocycles. The Kier molecular flexibility index (Phi) is 3.97. The zero-order valence-electron chi connectivity index (χ0n) is 11.0. The van der Waals surface area contributed by atoms with Crippen molar-refractivity contribution in [3.05, 3.63) is 36.0 Å². The molecule has 1 aromatic carbocycles. The number of methoxy groups -OCH3 is 1. The van der Waals surface area contributed by atoms with Crippen molar-refractivity contribution in [1.82, 2.24) is 10.3 Å². The van der Waals surface area contributed by atoms with Crippen LogP contribution in [0.5, 0.6) is 0 Å². The van der Waals surface area contributed by atoms with E-state index in [0.29, 0.717) is 18.1 Å². The van der Waals surface area contributed by atoms with Crippen molar-refractivity contribution in [1.29, 1.82) is 0 Å². The van der Waals surface area contributed by atoms with Gasteiger partial charge < -0.3 is 15.8 Å². The van der Waals surface area contributed by atoms with E-state index in [0.717, 1.165) is 10.8 Å². The Balaban J connectivity index is 2.23. The highest BCUT2D eigenvalue weighted by molar-refractivity contribution is 5.99. The highest BCUT2D eigenvalue weighted by Gasteiger charge is 2.11. The second kappa shape index (κ2) is 5.67. The average Bonchev–Trinajstić information content (AvgIpc) is 2.44. The van der Waals surface area contributed by atoms with Gasteiger partial charge in [0, 0.05) is 19.0 Å². The number of hydrogen-bond acceptors (Lipinski definition) is 4. The average molecular weight is 259 g/mol. The fourth-order valence-electron chi connectivity index (χ4n) is 1.75. The summed E-state index contributed by atoms with van der Waals surface area (Å²) in [5, 5.41) is 4.51. The number of nitrogens with two attached hydrogens (primary N) is 1. The molecule has 0 aliphatic heterocycles. The van der Waals surface area contributed by atoms with Crippen LogP contribution < -0.4 is 11.1 Å². The van der Waals surface area contributed by atoms with E-state index >= 15 is 0 Å². The molecule has 1 atom stereocenters. The molecule has 5 nitrogen and oxygen atoms in total. The number of nitrogen functional groups attached to an aromatic ring is 1. The number of pyridine rings is 1. The molecule has 0 bridgehead atoms. The highest BCUT2D eigenvalue weighted by Crippen LogP contribution is 2.19. The minimum absolute atomic E-state index is 0.0400. The highest BCUT2D eigenvalue weighted by atomic mass is 16.5. The third-order valence-corrected chi connectivity index (χ3v) is 2.95. The Morgan fingerprint density at radius 1 is 1.47 bits per heavy atom. The number of fused-ring (bicyclic) bond motifs is 1. The van der Waals surface area contributed by atoms with Crippen LogP contribution in [0.1, 0.15) is 17.4 Å². The molecule has 0 spiro atoms. The van der Waals surface area contributed by atoms with Crippen LogP contribution in [0.4, 0.5) is 5.82 Å². The predicted octanol–water partition coefficient (Wildman–Crippen LogP) is 1.58. The first-order valence-corrected chi connectivity index (χ1v) is 6.08. The molecule has 0 radical (unpaired) electrons. The second-order valence-corrected chi connectivity index (χ2v) is 4.37. The van der Waals surface area contributed by atoms with Gasteiger partial charge in [-0.05, 0) is 18.4 Å². The largest absolute Gasteiger partial charge is 0.383 e. The summed E-state index contributed by atoms with van der Waals surface area (Å²) in [6.07, 6.45) is -0.0400. The molecule has 2 rings (SSSR count). The van der Waals surface area contributed by atoms with Gasteiger partial charge in [-0.3, -0.25) is 4.79 Å². The third kappa shape index (κ3) is 3.00. The molecular weight excluding hydrogens is 242 g/mol. The number of carbonyl (C=O) groups excluding carboxylic acids is 1. The SMILES string of the molecule is COC(C)CNC(=O)c1cc2ccccc2c(N)n1. The fraction of sp³-hybridized carbons (Fsp3) is 0.286. The van der Waals surface area contributed by atoms with E-state index in [1.165, 1.54) is 0 Å². The van der Waals surface area contributed by atoms with E-state index in [9.17, 15) is 4.79 Å². The van der Waals surface area contributed by atoms with Crippen LogP contribution in [0.3, 0.4) is 0 Å². The van der Waals surface area contributed by atoms with Gasteiger partial charge in [-0.2, -0.15) is 0 Å². The number of hydrogen-bond donors (Lipinski definition) is 2. The van der Waals surface area contributed by atoms with E-state index in [2.05, 4.69) is 10.3 Å². The van der Waals surface area contributed by atoms with Crippen molar-refractivity contribution in [3.8, 4) is 0 Å². The molecule has 0 saturated heterocycles. The Morgan fingerprint density at radius 2 is 2.21 bits per heavy atom. The molecule has 0 aliphatic carbocycles. The lowest BCUT2D eigenvalue weighted by Crippen LogP contribution is -2.32. The predicted molar refractivity (Wildman–Crippen MR) is 75.0 cm³/mol. The quantitative estimate of drug-likeness (QED) is 0.874. The normalized spacial score (nSPS) is 12.3. The van der Waals surface area contributed by atoms with Crippen molar-refractivity contribution in [2.24, 2.45) is 0 Å². The van der Waals surface area contributed by atoms with Crippen molar-refractivity contribution < 1.29 is 9.53 Å². The fourth-order valence-corrected chi connectivity index (χ4v) is 1.75. The minimum atomic E-state index is -0.249. The van der Waals surface area contributed by atoms with Gasteiger partial charge >= 0.3 is 0 Å². The number of aromatic nitrogens is 1. The maximum absolute atomic E-state index is 12.0. The first-order valence-electron chi connectivity index (χ1n) is 6.08. The van der Waals surface area contributed by atoms with Gasteiger partial charge in [0.05, 0.1) is 6.10 Å². The Bertz CT molecular complexity index is 598. The molecule has 19 heavy (non-hydrogen) atoms. The zero-order chi connectivity index (χ0) is 13.8. The molecule has 100 valence electrons. The van der Waals surface area contributed by atoms with Crippen LogP contribution in [0.25, 0.3) is 10.8 Å². The lowest BCUT2D eigenvalue weighted by atomic mass is 10.1. The summed E-state index contributed by atoms with van der Waals surface area (Å²) in [5.41, 5.74) is 6.18. The molecular formula is C14H17N3O2. The number of carbonyl (C=O) groups is 1. The Hall–Kier alpha value is -2.14. The minimum Gasteiger partial charge on any atom is -0.383 e. The topological polar surface area (TPSA) is 77.2 Å². The standard InChI is InChI=1S/C14H17N3O2/c1-9(19-2)8-16-14(18)12-7-10-5-3-4-6-11(10)13(15)17-12/h3-7,9H,8H2,1-2H3,(H2,15,17)(H,16,18). The second-order valence-electron chi connectivity index (χ2n) is 4.37. The first-order chi connectivity index (χ1) is 9.11. The number of anilines is 1. The van der Waals surface area contributed by atoms with E-state index in [4.69, 9.17) is 10.5 Å². The van der Waals surface area contributed by atoms with E-state index in [-0.39, 0.29) is 12.0 Å². The van der Waals surface area contributed by atoms with Gasteiger partial charge in [0.1, 0.15) is 11.5 Å².